The highest BCUT2D eigenvalue weighted by Gasteiger charge is 2.15. The van der Waals surface area contributed by atoms with Crippen molar-refractivity contribution in [3.63, 3.8) is 0 Å². The number of rotatable bonds is 5. The van der Waals surface area contributed by atoms with Crippen LogP contribution in [0.3, 0.4) is 0 Å². The van der Waals surface area contributed by atoms with Gasteiger partial charge in [-0.25, -0.2) is 0 Å². The van der Waals surface area contributed by atoms with E-state index in [1.54, 1.807) is 18.0 Å². The standard InChI is InChI=1S/C11H15N5O/c1-3-6-16(8-10(17)13-2)11-9(7-12)4-5-14-15-11/h4-5H,3,6,8H2,1-2H3,(H,13,17). The number of amides is 1. The van der Waals surface area contributed by atoms with Crippen molar-refractivity contribution in [3.8, 4) is 6.07 Å². The fraction of sp³-hybridized carbons (Fsp3) is 0.455. The maximum absolute atomic E-state index is 11.4. The average molecular weight is 233 g/mol. The van der Waals surface area contributed by atoms with Crippen LogP contribution in [0, 0.1) is 11.3 Å². The van der Waals surface area contributed by atoms with Crippen molar-refractivity contribution in [2.24, 2.45) is 0 Å². The number of anilines is 1. The van der Waals surface area contributed by atoms with Gasteiger partial charge in [0, 0.05) is 13.6 Å². The summed E-state index contributed by atoms with van der Waals surface area (Å²) in [6, 6.07) is 3.64. The van der Waals surface area contributed by atoms with E-state index in [0.29, 0.717) is 17.9 Å². The van der Waals surface area contributed by atoms with Crippen molar-refractivity contribution in [2.45, 2.75) is 13.3 Å². The van der Waals surface area contributed by atoms with Gasteiger partial charge in [0.15, 0.2) is 5.82 Å². The predicted molar refractivity (Wildman–Crippen MR) is 63.3 cm³/mol. The number of hydrogen-bond acceptors (Lipinski definition) is 5. The molecule has 0 fully saturated rings. The summed E-state index contributed by atoms with van der Waals surface area (Å²) >= 11 is 0. The molecule has 1 aromatic heterocycles. The molecule has 0 saturated carbocycles. The molecule has 0 radical (unpaired) electrons. The number of nitrogens with one attached hydrogen (secondary N) is 1. The van der Waals surface area contributed by atoms with Gasteiger partial charge >= 0.3 is 0 Å². The number of carbonyl (C=O) groups excluding carboxylic acids is 1. The molecule has 1 heterocycles. The molecule has 6 nitrogen and oxygen atoms in total. The fourth-order valence-electron chi connectivity index (χ4n) is 1.43. The lowest BCUT2D eigenvalue weighted by atomic mass is 10.2. The van der Waals surface area contributed by atoms with Crippen LogP contribution < -0.4 is 10.2 Å². The van der Waals surface area contributed by atoms with Gasteiger partial charge in [0.05, 0.1) is 18.3 Å². The summed E-state index contributed by atoms with van der Waals surface area (Å²) in [5.74, 6) is 0.341. The number of hydrogen-bond donors (Lipinski definition) is 1. The van der Waals surface area contributed by atoms with E-state index in [0.717, 1.165) is 6.42 Å². The molecule has 0 unspecified atom stereocenters. The Morgan fingerprint density at radius 2 is 2.41 bits per heavy atom. The maximum atomic E-state index is 11.4. The summed E-state index contributed by atoms with van der Waals surface area (Å²) < 4.78 is 0. The Balaban J connectivity index is 2.97. The topological polar surface area (TPSA) is 81.9 Å². The molecule has 0 aliphatic rings. The monoisotopic (exact) mass is 233 g/mol. The van der Waals surface area contributed by atoms with E-state index in [2.05, 4.69) is 15.5 Å². The van der Waals surface area contributed by atoms with E-state index >= 15 is 0 Å². The van der Waals surface area contributed by atoms with Crippen molar-refractivity contribution in [3.05, 3.63) is 17.8 Å². The summed E-state index contributed by atoms with van der Waals surface area (Å²) in [5.41, 5.74) is 0.428. The van der Waals surface area contributed by atoms with Crippen LogP contribution in [0.25, 0.3) is 0 Å². The van der Waals surface area contributed by atoms with E-state index in [1.807, 2.05) is 13.0 Å². The molecular formula is C11H15N5O. The third kappa shape index (κ3) is 3.41. The summed E-state index contributed by atoms with van der Waals surface area (Å²) in [4.78, 5) is 13.1. The molecule has 1 aromatic rings. The average Bonchev–Trinajstić information content (AvgIpc) is 2.38. The molecule has 0 atom stereocenters. The molecule has 0 aliphatic carbocycles. The highest BCUT2D eigenvalue weighted by atomic mass is 16.1. The smallest absolute Gasteiger partial charge is 0.239 e. The van der Waals surface area contributed by atoms with Gasteiger partial charge in [-0.3, -0.25) is 4.79 Å². The van der Waals surface area contributed by atoms with Gasteiger partial charge in [-0.2, -0.15) is 10.4 Å². The fourth-order valence-corrected chi connectivity index (χ4v) is 1.43. The quantitative estimate of drug-likeness (QED) is 0.791. The molecular weight excluding hydrogens is 218 g/mol. The van der Waals surface area contributed by atoms with E-state index < -0.39 is 0 Å². The van der Waals surface area contributed by atoms with Crippen LogP contribution in [0.2, 0.25) is 0 Å². The Bertz CT molecular complexity index is 426. The first-order valence-electron chi connectivity index (χ1n) is 5.40. The van der Waals surface area contributed by atoms with E-state index in [9.17, 15) is 4.79 Å². The van der Waals surface area contributed by atoms with Crippen LogP contribution in [0.15, 0.2) is 12.3 Å². The third-order valence-electron chi connectivity index (χ3n) is 2.23. The molecule has 1 N–H and O–H groups in total. The predicted octanol–water partition coefficient (Wildman–Crippen LogP) is 0.311. The molecule has 0 aliphatic heterocycles. The third-order valence-corrected chi connectivity index (χ3v) is 2.23. The van der Waals surface area contributed by atoms with Crippen LogP contribution in [-0.4, -0.2) is 36.2 Å². The lowest BCUT2D eigenvalue weighted by molar-refractivity contribution is -0.119. The van der Waals surface area contributed by atoms with Gasteiger partial charge in [0.2, 0.25) is 5.91 Å². The first-order chi connectivity index (χ1) is 8.22. The van der Waals surface area contributed by atoms with Gasteiger partial charge in [0.25, 0.3) is 0 Å². The number of nitrogens with zero attached hydrogens (tertiary/aromatic N) is 4. The Labute approximate surface area is 100 Å². The second kappa shape index (κ2) is 6.43. The van der Waals surface area contributed by atoms with Gasteiger partial charge in [-0.1, -0.05) is 6.92 Å². The number of carbonyl (C=O) groups is 1. The second-order valence-electron chi connectivity index (χ2n) is 3.48. The second-order valence-corrected chi connectivity index (χ2v) is 3.48. The number of aromatic nitrogens is 2. The highest BCUT2D eigenvalue weighted by molar-refractivity contribution is 5.81. The van der Waals surface area contributed by atoms with Gasteiger partial charge in [-0.05, 0) is 12.5 Å². The van der Waals surface area contributed by atoms with Crippen molar-refractivity contribution in [1.82, 2.24) is 15.5 Å². The van der Waals surface area contributed by atoms with Crippen molar-refractivity contribution in [1.29, 1.82) is 5.26 Å². The zero-order chi connectivity index (χ0) is 12.7. The first kappa shape index (κ1) is 12.9. The van der Waals surface area contributed by atoms with E-state index in [4.69, 9.17) is 5.26 Å². The van der Waals surface area contributed by atoms with Crippen molar-refractivity contribution in [2.75, 3.05) is 25.0 Å². The largest absolute Gasteiger partial charge is 0.358 e. The van der Waals surface area contributed by atoms with Gasteiger partial charge < -0.3 is 10.2 Å². The Morgan fingerprint density at radius 3 is 3.00 bits per heavy atom. The molecule has 0 aromatic carbocycles. The minimum atomic E-state index is -0.118. The van der Waals surface area contributed by atoms with Crippen molar-refractivity contribution >= 4 is 11.7 Å². The van der Waals surface area contributed by atoms with Crippen LogP contribution in [-0.2, 0) is 4.79 Å². The van der Waals surface area contributed by atoms with Gasteiger partial charge in [0.1, 0.15) is 6.07 Å². The molecule has 0 saturated heterocycles. The lowest BCUT2D eigenvalue weighted by Gasteiger charge is -2.22. The Morgan fingerprint density at radius 1 is 1.65 bits per heavy atom. The summed E-state index contributed by atoms with van der Waals surface area (Å²) in [6.07, 6.45) is 2.32. The summed E-state index contributed by atoms with van der Waals surface area (Å²) in [5, 5.41) is 19.2. The number of likely N-dealkylation sites (N-methyl/N-ethyl adjacent to an activating group) is 1. The summed E-state index contributed by atoms with van der Waals surface area (Å²) in [7, 11) is 1.58. The maximum Gasteiger partial charge on any atom is 0.239 e. The van der Waals surface area contributed by atoms with Crippen LogP contribution in [0.4, 0.5) is 5.82 Å². The van der Waals surface area contributed by atoms with Crippen molar-refractivity contribution < 1.29 is 4.79 Å². The van der Waals surface area contributed by atoms with Crippen LogP contribution in [0.5, 0.6) is 0 Å². The Hall–Kier alpha value is -2.16. The normalized spacial score (nSPS) is 9.47. The molecule has 0 spiro atoms. The van der Waals surface area contributed by atoms with E-state index in [1.165, 1.54) is 6.20 Å². The molecule has 90 valence electrons. The SMILES string of the molecule is CCCN(CC(=O)NC)c1nnccc1C#N. The molecule has 6 heteroatoms. The summed E-state index contributed by atoms with van der Waals surface area (Å²) in [6.45, 7) is 2.83. The van der Waals surface area contributed by atoms with E-state index in [-0.39, 0.29) is 12.5 Å². The zero-order valence-corrected chi connectivity index (χ0v) is 9.97. The molecule has 1 rings (SSSR count). The Kier molecular flexibility index (Phi) is 4.88. The lowest BCUT2D eigenvalue weighted by Crippen LogP contribution is -2.37. The molecule has 0 bridgehead atoms. The number of nitriles is 1. The zero-order valence-electron chi connectivity index (χ0n) is 9.97. The molecule has 17 heavy (non-hydrogen) atoms. The molecule has 1 amide bonds. The van der Waals surface area contributed by atoms with Crippen LogP contribution >= 0.6 is 0 Å². The van der Waals surface area contributed by atoms with Crippen LogP contribution in [0.1, 0.15) is 18.9 Å². The first-order valence-corrected chi connectivity index (χ1v) is 5.40. The highest BCUT2D eigenvalue weighted by Crippen LogP contribution is 2.14. The minimum absolute atomic E-state index is 0.118. The van der Waals surface area contributed by atoms with Gasteiger partial charge in [-0.15, -0.1) is 5.10 Å². The minimum Gasteiger partial charge on any atom is -0.358 e.